The summed E-state index contributed by atoms with van der Waals surface area (Å²) in [6.07, 6.45) is -0.431. The number of hydrogen-bond donors (Lipinski definition) is 3. The molecule has 4 N–H and O–H groups in total. The zero-order valence-electron chi connectivity index (χ0n) is 21.5. The molecule has 2 amide bonds. The van der Waals surface area contributed by atoms with Gasteiger partial charge in [-0.05, 0) is 61.2 Å². The van der Waals surface area contributed by atoms with Crippen LogP contribution in [0.25, 0.3) is 0 Å². The summed E-state index contributed by atoms with van der Waals surface area (Å²) in [7, 11) is -3.54. The fourth-order valence-corrected chi connectivity index (χ4v) is 7.43. The van der Waals surface area contributed by atoms with E-state index in [0.29, 0.717) is 21.8 Å². The van der Waals surface area contributed by atoms with Crippen molar-refractivity contribution in [2.24, 2.45) is 11.7 Å². The number of anilines is 2. The number of nitrogens with one attached hydrogen (secondary N) is 2. The molecule has 0 aromatic heterocycles. The van der Waals surface area contributed by atoms with Gasteiger partial charge in [0.2, 0.25) is 20.6 Å². The predicted molar refractivity (Wildman–Crippen MR) is 148 cm³/mol. The van der Waals surface area contributed by atoms with Gasteiger partial charge in [-0.25, -0.2) is 8.42 Å². The van der Waals surface area contributed by atoms with E-state index in [1.165, 1.54) is 19.2 Å². The van der Waals surface area contributed by atoms with Gasteiger partial charge in [-0.2, -0.15) is 0 Å². The molecule has 3 aromatic carbocycles. The molecule has 1 aliphatic rings. The molecule has 1 heterocycles. The molecule has 4 rings (SSSR count). The van der Waals surface area contributed by atoms with Gasteiger partial charge in [0.15, 0.2) is 0 Å². The van der Waals surface area contributed by atoms with Crippen molar-refractivity contribution in [3.05, 3.63) is 88.4 Å². The minimum absolute atomic E-state index is 0.202. The Morgan fingerprint density at radius 3 is 2.23 bits per heavy atom. The zero-order chi connectivity index (χ0) is 28.5. The van der Waals surface area contributed by atoms with Gasteiger partial charge >= 0.3 is 5.97 Å². The first-order valence-corrected chi connectivity index (χ1v) is 13.9. The lowest BCUT2D eigenvalue weighted by molar-refractivity contribution is -0.143. The van der Waals surface area contributed by atoms with Crippen molar-refractivity contribution in [3.8, 4) is 0 Å². The van der Waals surface area contributed by atoms with Crippen LogP contribution in [0.4, 0.5) is 11.4 Å². The lowest BCUT2D eigenvalue weighted by Crippen LogP contribution is -2.65. The van der Waals surface area contributed by atoms with Gasteiger partial charge in [0.25, 0.3) is 5.91 Å². The van der Waals surface area contributed by atoms with Crippen LogP contribution in [-0.2, 0) is 29.0 Å². The fraction of sp³-hybridized carbons (Fsp3) is 0.250. The number of fused-ring (bicyclic) bond motifs is 1. The summed E-state index contributed by atoms with van der Waals surface area (Å²) >= 11 is 6.24. The highest BCUT2D eigenvalue weighted by molar-refractivity contribution is 7.94. The maximum atomic E-state index is 14.6. The summed E-state index contributed by atoms with van der Waals surface area (Å²) in [5.74, 6) is -5.62. The lowest BCUT2D eigenvalue weighted by Gasteiger charge is -2.42. The number of ether oxygens (including phenoxy) is 1. The molecule has 0 radical (unpaired) electrons. The number of esters is 1. The Balaban J connectivity index is 1.99. The zero-order valence-corrected chi connectivity index (χ0v) is 23.1. The third kappa shape index (κ3) is 4.86. The second kappa shape index (κ2) is 10.7. The number of para-hydroxylation sites is 2. The van der Waals surface area contributed by atoms with E-state index in [-0.39, 0.29) is 16.1 Å². The van der Waals surface area contributed by atoms with E-state index >= 15 is 0 Å². The van der Waals surface area contributed by atoms with Crippen LogP contribution in [0.5, 0.6) is 0 Å². The van der Waals surface area contributed by atoms with Crippen LogP contribution in [0.2, 0.25) is 5.02 Å². The summed E-state index contributed by atoms with van der Waals surface area (Å²) in [4.78, 5) is 37.3. The molecule has 1 unspecified atom stereocenters. The van der Waals surface area contributed by atoms with Gasteiger partial charge < -0.3 is 21.1 Å². The molecule has 1 aliphatic heterocycles. The number of amides is 2. The second-order valence-electron chi connectivity index (χ2n) is 9.41. The summed E-state index contributed by atoms with van der Waals surface area (Å²) in [6.45, 7) is 3.17. The largest absolute Gasteiger partial charge is 0.469 e. The van der Waals surface area contributed by atoms with Gasteiger partial charge in [0.1, 0.15) is 0 Å². The molecule has 0 aliphatic carbocycles. The third-order valence-electron chi connectivity index (χ3n) is 7.00. The maximum Gasteiger partial charge on any atom is 0.313 e. The molecule has 39 heavy (non-hydrogen) atoms. The van der Waals surface area contributed by atoms with Crippen LogP contribution in [0.3, 0.4) is 0 Å². The Labute approximate surface area is 231 Å². The predicted octanol–water partition coefficient (Wildman–Crippen LogP) is 3.94. The van der Waals surface area contributed by atoms with Crippen LogP contribution >= 0.6 is 11.6 Å². The first-order chi connectivity index (χ1) is 18.4. The van der Waals surface area contributed by atoms with Crippen molar-refractivity contribution in [2.45, 2.75) is 36.0 Å². The normalized spacial score (nSPS) is 18.2. The van der Waals surface area contributed by atoms with E-state index in [1.54, 1.807) is 68.4 Å². The molecule has 11 heteroatoms. The van der Waals surface area contributed by atoms with Crippen molar-refractivity contribution < 1.29 is 27.5 Å². The van der Waals surface area contributed by atoms with Gasteiger partial charge in [0, 0.05) is 5.02 Å². The van der Waals surface area contributed by atoms with Crippen LogP contribution in [-0.4, -0.2) is 38.2 Å². The Morgan fingerprint density at radius 2 is 1.62 bits per heavy atom. The van der Waals surface area contributed by atoms with E-state index in [9.17, 15) is 22.8 Å². The van der Waals surface area contributed by atoms with Crippen molar-refractivity contribution in [2.75, 3.05) is 17.7 Å². The van der Waals surface area contributed by atoms with Crippen molar-refractivity contribution in [1.82, 2.24) is 0 Å². The summed E-state index contributed by atoms with van der Waals surface area (Å²) in [5, 5.41) is 5.84. The molecular weight excluding hydrogens is 542 g/mol. The lowest BCUT2D eigenvalue weighted by atomic mass is 9.83. The number of sulfone groups is 1. The van der Waals surface area contributed by atoms with Gasteiger partial charge in [-0.15, -0.1) is 0 Å². The number of nitrogens with two attached hydrogens (primary N) is 1. The maximum absolute atomic E-state index is 14.6. The molecular formula is C28H28ClN3O6S. The molecule has 0 fully saturated rings. The summed E-state index contributed by atoms with van der Waals surface area (Å²) in [6, 6.07) is 17.8. The van der Waals surface area contributed by atoms with E-state index in [0.717, 1.165) is 0 Å². The average Bonchev–Trinajstić information content (AvgIpc) is 2.90. The Kier molecular flexibility index (Phi) is 7.72. The first kappa shape index (κ1) is 28.1. The highest BCUT2D eigenvalue weighted by Crippen LogP contribution is 2.45. The van der Waals surface area contributed by atoms with Crippen LogP contribution in [0.1, 0.15) is 29.0 Å². The van der Waals surface area contributed by atoms with Gasteiger partial charge in [-0.1, -0.05) is 54.1 Å². The molecule has 0 saturated carbocycles. The minimum atomic E-state index is -4.72. The molecule has 204 valence electrons. The minimum Gasteiger partial charge on any atom is -0.469 e. The SMILES string of the molecule is COC(=O)[C@H](CC(C(N)=O)[C@@]1(S(=O)(=O)c2cc(C)c(Cl)cc2C)Nc2ccccc2NC1=O)c1ccccc1. The monoisotopic (exact) mass is 569 g/mol. The first-order valence-electron chi connectivity index (χ1n) is 12.1. The summed E-state index contributed by atoms with van der Waals surface area (Å²) < 4.78 is 34.2. The number of benzene rings is 3. The number of carbonyl (C=O) groups excluding carboxylic acids is 3. The van der Waals surface area contributed by atoms with E-state index in [1.807, 2.05) is 0 Å². The number of rotatable bonds is 8. The van der Waals surface area contributed by atoms with E-state index < -0.39 is 50.7 Å². The molecule has 0 spiro atoms. The van der Waals surface area contributed by atoms with Crippen LogP contribution < -0.4 is 16.4 Å². The Morgan fingerprint density at radius 1 is 1.00 bits per heavy atom. The van der Waals surface area contributed by atoms with Gasteiger partial charge in [-0.3, -0.25) is 14.4 Å². The van der Waals surface area contributed by atoms with E-state index in [2.05, 4.69) is 10.6 Å². The average molecular weight is 570 g/mol. The number of hydrogen-bond acceptors (Lipinski definition) is 7. The molecule has 3 aromatic rings. The highest BCUT2D eigenvalue weighted by Gasteiger charge is 2.62. The fourth-order valence-electron chi connectivity index (χ4n) is 4.93. The topological polar surface area (TPSA) is 145 Å². The molecule has 9 nitrogen and oxygen atoms in total. The molecule has 0 bridgehead atoms. The molecule has 0 saturated heterocycles. The smallest absolute Gasteiger partial charge is 0.313 e. The number of aryl methyl sites for hydroxylation is 2. The summed E-state index contributed by atoms with van der Waals surface area (Å²) in [5.41, 5.74) is 7.67. The number of carbonyl (C=O) groups is 3. The van der Waals surface area contributed by atoms with Crippen molar-refractivity contribution >= 4 is 50.6 Å². The number of methoxy groups -OCH3 is 1. The van der Waals surface area contributed by atoms with Crippen molar-refractivity contribution in [1.29, 1.82) is 0 Å². The second-order valence-corrected chi connectivity index (χ2v) is 11.9. The van der Waals surface area contributed by atoms with Gasteiger partial charge in [0.05, 0.1) is 35.2 Å². The van der Waals surface area contributed by atoms with Crippen LogP contribution in [0, 0.1) is 19.8 Å². The Bertz CT molecular complexity index is 1560. The quantitative estimate of drug-likeness (QED) is 0.348. The highest BCUT2D eigenvalue weighted by atomic mass is 35.5. The number of halogens is 1. The Hall–Kier alpha value is -3.89. The molecule has 3 atom stereocenters. The van der Waals surface area contributed by atoms with Crippen LogP contribution in [0.15, 0.2) is 71.6 Å². The third-order valence-corrected chi connectivity index (χ3v) is 9.84. The number of primary amides is 1. The van der Waals surface area contributed by atoms with E-state index in [4.69, 9.17) is 22.1 Å². The van der Waals surface area contributed by atoms with Crippen molar-refractivity contribution in [3.63, 3.8) is 0 Å². The standard InChI is InChI=1S/C28H28ClN3O6S/c1-16-14-24(17(2)13-21(16)29)39(36,37)28(27(35)31-22-11-7-8-12-23(22)32-28)20(25(30)33)15-19(26(34)38-3)18-9-5-4-6-10-18/h4-14,19-20,32H,15H2,1-3H3,(H2,30,33)(H,31,35)/t19-,20?,28+/m1/s1.